The largest absolute Gasteiger partial charge is 0.494 e. The van der Waals surface area contributed by atoms with E-state index in [2.05, 4.69) is 21.0 Å². The molecular weight excluding hydrogens is 501 g/mol. The van der Waals surface area contributed by atoms with Crippen LogP contribution in [0.15, 0.2) is 42.9 Å². The number of para-hydroxylation sites is 1. The number of rotatable bonds is 6. The number of methoxy groups -OCH3 is 1. The van der Waals surface area contributed by atoms with Crippen LogP contribution in [0.3, 0.4) is 0 Å². The Morgan fingerprint density at radius 2 is 2.05 bits per heavy atom. The maximum Gasteiger partial charge on any atom is 0.334 e. The van der Waals surface area contributed by atoms with Crippen molar-refractivity contribution in [2.75, 3.05) is 38.3 Å². The number of ether oxygens (including phenoxy) is 2. The van der Waals surface area contributed by atoms with Crippen molar-refractivity contribution >= 4 is 34.2 Å². The molecule has 4 heterocycles. The second kappa shape index (κ2) is 9.35. The van der Waals surface area contributed by atoms with Gasteiger partial charge in [0.25, 0.3) is 0 Å². The van der Waals surface area contributed by atoms with Gasteiger partial charge in [-0.05, 0) is 12.1 Å². The van der Waals surface area contributed by atoms with Gasteiger partial charge in [-0.3, -0.25) is 4.68 Å². The molecule has 0 radical (unpaired) electrons. The first-order chi connectivity index (χ1) is 18.0. The monoisotopic (exact) mass is 525 g/mol. The summed E-state index contributed by atoms with van der Waals surface area (Å²) in [5, 5.41) is 15.8. The van der Waals surface area contributed by atoms with Crippen molar-refractivity contribution in [3.8, 4) is 16.9 Å². The Bertz CT molecular complexity index is 1500. The number of alkyl halides is 1. The molecule has 2 unspecified atom stereocenters. The van der Waals surface area contributed by atoms with Crippen LogP contribution in [0.4, 0.5) is 10.1 Å². The molecule has 1 fully saturated rings. The van der Waals surface area contributed by atoms with Crippen molar-refractivity contribution in [2.45, 2.75) is 25.2 Å². The van der Waals surface area contributed by atoms with Gasteiger partial charge < -0.3 is 24.0 Å². The van der Waals surface area contributed by atoms with Gasteiger partial charge in [-0.1, -0.05) is 29.8 Å². The van der Waals surface area contributed by atoms with Crippen molar-refractivity contribution < 1.29 is 23.8 Å². The summed E-state index contributed by atoms with van der Waals surface area (Å²) in [7, 11) is 1.56. The zero-order valence-corrected chi connectivity index (χ0v) is 20.9. The number of aromatic nitrogens is 4. The van der Waals surface area contributed by atoms with E-state index in [1.807, 2.05) is 24.3 Å². The number of carbonyl (C=O) groups is 1. The number of carboxylic acids is 1. The average molecular weight is 526 g/mol. The van der Waals surface area contributed by atoms with Crippen molar-refractivity contribution in [3.05, 3.63) is 59.3 Å². The molecule has 2 aliphatic heterocycles. The number of nitrogens with zero attached hydrogens (tertiary/aromatic N) is 5. The van der Waals surface area contributed by atoms with Gasteiger partial charge >= 0.3 is 5.97 Å². The third-order valence-electron chi connectivity index (χ3n) is 7.02. The van der Waals surface area contributed by atoms with Crippen LogP contribution in [-0.4, -0.2) is 70.0 Å². The molecule has 37 heavy (non-hydrogen) atoms. The molecule has 2 atom stereocenters. The topological polar surface area (TPSA) is 94.6 Å². The van der Waals surface area contributed by atoms with Crippen LogP contribution < -0.4 is 9.64 Å². The first kappa shape index (κ1) is 23.7. The second-order valence-electron chi connectivity index (χ2n) is 9.20. The third kappa shape index (κ3) is 4.00. The number of aliphatic carboxylic acids is 1. The smallest absolute Gasteiger partial charge is 0.334 e. The summed E-state index contributed by atoms with van der Waals surface area (Å²) in [5.41, 5.74) is 3.98. The minimum Gasteiger partial charge on any atom is -0.494 e. The highest BCUT2D eigenvalue weighted by molar-refractivity contribution is 6.36. The second-order valence-corrected chi connectivity index (χ2v) is 9.61. The van der Waals surface area contributed by atoms with Gasteiger partial charge in [-0.25, -0.2) is 14.2 Å². The Hall–Kier alpha value is -3.63. The van der Waals surface area contributed by atoms with Crippen LogP contribution in [-0.2, 0) is 22.5 Å². The van der Waals surface area contributed by atoms with E-state index >= 15 is 0 Å². The van der Waals surface area contributed by atoms with E-state index in [1.54, 1.807) is 17.9 Å². The van der Waals surface area contributed by atoms with Crippen LogP contribution in [0.5, 0.6) is 5.75 Å². The summed E-state index contributed by atoms with van der Waals surface area (Å²) in [6, 6.07) is 8.58. The number of carboxylic acid groups (broad SMARTS) is 1. The highest BCUT2D eigenvalue weighted by atomic mass is 35.5. The van der Waals surface area contributed by atoms with E-state index in [4.69, 9.17) is 21.1 Å². The number of morpholine rings is 1. The zero-order valence-electron chi connectivity index (χ0n) is 20.1. The van der Waals surface area contributed by atoms with E-state index in [0.717, 1.165) is 29.9 Å². The molecule has 6 rings (SSSR count). The number of hydrogen-bond donors (Lipinski definition) is 1. The van der Waals surface area contributed by atoms with Crippen LogP contribution in [0.2, 0.25) is 5.02 Å². The van der Waals surface area contributed by atoms with Gasteiger partial charge in [-0.15, -0.1) is 0 Å². The molecular formula is C26H25ClFN5O4. The number of fused-ring (bicyclic) bond motifs is 2. The minimum atomic E-state index is -1.24. The molecule has 0 amide bonds. The SMILES string of the molecule is COc1c(-c2ccccc2N2CCOCC2)cc(Cl)c2cn(C(C(=O)O)c3ncn4c3CC(F)C4)nc12. The number of anilines is 1. The molecule has 192 valence electrons. The Morgan fingerprint density at radius 3 is 2.81 bits per heavy atom. The lowest BCUT2D eigenvalue weighted by atomic mass is 10.00. The van der Waals surface area contributed by atoms with Crippen LogP contribution in [0.25, 0.3) is 22.0 Å². The first-order valence-corrected chi connectivity index (χ1v) is 12.4. The summed E-state index contributed by atoms with van der Waals surface area (Å²) in [5.74, 6) is -0.661. The van der Waals surface area contributed by atoms with E-state index in [0.29, 0.717) is 40.6 Å². The normalized spacial score (nSPS) is 18.2. The highest BCUT2D eigenvalue weighted by Gasteiger charge is 2.34. The molecule has 4 aromatic rings. The number of imidazole rings is 1. The molecule has 0 aliphatic carbocycles. The molecule has 0 saturated carbocycles. The number of benzene rings is 2. The van der Waals surface area contributed by atoms with Crippen LogP contribution in [0, 0.1) is 0 Å². The van der Waals surface area contributed by atoms with E-state index < -0.39 is 18.2 Å². The fourth-order valence-corrected chi connectivity index (χ4v) is 5.57. The molecule has 1 saturated heterocycles. The summed E-state index contributed by atoms with van der Waals surface area (Å²) < 4.78 is 28.4. The van der Waals surface area contributed by atoms with Crippen molar-refractivity contribution in [1.29, 1.82) is 0 Å². The standard InChI is InChI=1S/C26H25ClFN5O4/c1-36-25-17(16-4-2-3-5-20(16)31-6-8-37-9-7-31)11-19(27)18-13-33(30-22(18)25)24(26(34)35)23-21-10-15(28)12-32(21)14-29-23/h2-5,11,13-15,24H,6-10,12H2,1H3,(H,34,35). The Morgan fingerprint density at radius 1 is 1.27 bits per heavy atom. The molecule has 2 aromatic heterocycles. The minimum absolute atomic E-state index is 0.118. The predicted molar refractivity (Wildman–Crippen MR) is 136 cm³/mol. The molecule has 0 spiro atoms. The Balaban J connectivity index is 1.49. The highest BCUT2D eigenvalue weighted by Crippen LogP contribution is 2.44. The fourth-order valence-electron chi connectivity index (χ4n) is 5.33. The molecule has 11 heteroatoms. The number of halogens is 2. The first-order valence-electron chi connectivity index (χ1n) is 12.0. The lowest BCUT2D eigenvalue weighted by molar-refractivity contribution is -0.139. The molecule has 2 aromatic carbocycles. The lowest BCUT2D eigenvalue weighted by Gasteiger charge is -2.31. The number of hydrogen-bond acceptors (Lipinski definition) is 6. The van der Waals surface area contributed by atoms with E-state index in [-0.39, 0.29) is 18.7 Å². The summed E-state index contributed by atoms with van der Waals surface area (Å²) >= 11 is 6.76. The molecule has 1 N–H and O–H groups in total. The maximum atomic E-state index is 14.0. The van der Waals surface area contributed by atoms with Gasteiger partial charge in [-0.2, -0.15) is 5.10 Å². The zero-order chi connectivity index (χ0) is 25.7. The van der Waals surface area contributed by atoms with E-state index in [1.165, 1.54) is 11.0 Å². The maximum absolute atomic E-state index is 14.0. The van der Waals surface area contributed by atoms with Gasteiger partial charge in [0.1, 0.15) is 11.7 Å². The predicted octanol–water partition coefficient (Wildman–Crippen LogP) is 3.97. The molecule has 0 bridgehead atoms. The van der Waals surface area contributed by atoms with Crippen molar-refractivity contribution in [2.24, 2.45) is 0 Å². The Labute approximate surface area is 217 Å². The lowest BCUT2D eigenvalue weighted by Crippen LogP contribution is -2.36. The fraction of sp³-hybridized carbons (Fsp3) is 0.346. The average Bonchev–Trinajstić information content (AvgIpc) is 3.60. The quantitative estimate of drug-likeness (QED) is 0.407. The summed E-state index contributed by atoms with van der Waals surface area (Å²) in [6.07, 6.45) is 2.13. The van der Waals surface area contributed by atoms with Gasteiger partial charge in [0.05, 0.1) is 43.9 Å². The molecule has 9 nitrogen and oxygen atoms in total. The van der Waals surface area contributed by atoms with Gasteiger partial charge in [0.2, 0.25) is 0 Å². The van der Waals surface area contributed by atoms with Crippen LogP contribution >= 0.6 is 11.6 Å². The van der Waals surface area contributed by atoms with Gasteiger partial charge in [0.15, 0.2) is 11.8 Å². The van der Waals surface area contributed by atoms with Gasteiger partial charge in [0, 0.05) is 53.6 Å². The summed E-state index contributed by atoms with van der Waals surface area (Å²) in [4.78, 5) is 19.0. The summed E-state index contributed by atoms with van der Waals surface area (Å²) in [6.45, 7) is 2.99. The Kier molecular flexibility index (Phi) is 6.00. The van der Waals surface area contributed by atoms with Crippen LogP contribution in [0.1, 0.15) is 17.4 Å². The van der Waals surface area contributed by atoms with E-state index in [9.17, 15) is 14.3 Å². The van der Waals surface area contributed by atoms with Crippen molar-refractivity contribution in [1.82, 2.24) is 19.3 Å². The molecule has 2 aliphatic rings. The van der Waals surface area contributed by atoms with Crippen molar-refractivity contribution in [3.63, 3.8) is 0 Å². The third-order valence-corrected chi connectivity index (χ3v) is 7.33.